The molecule has 0 atom stereocenters. The number of hydrogen-bond donors (Lipinski definition) is 1. The van der Waals surface area contributed by atoms with E-state index in [4.69, 9.17) is 4.98 Å². The van der Waals surface area contributed by atoms with E-state index in [9.17, 15) is 4.79 Å². The lowest BCUT2D eigenvalue weighted by molar-refractivity contribution is 0.0977. The standard InChI is InChI=1S/C30H33N5O/c36-30(6-2-5-19-35-17-3-1-4-18-35)25-9-7-24(8-10-25)28-20-29(26-22-32-16-13-27(26)34-28)33-21-23-11-14-31-15-12-23/h7-16,20,22H,1-6,17-19,21H2,(H,33,34). The molecule has 6 nitrogen and oxygen atoms in total. The fourth-order valence-electron chi connectivity index (χ4n) is 4.84. The number of nitrogens with zero attached hydrogens (tertiary/aromatic N) is 4. The molecule has 0 saturated carbocycles. The lowest BCUT2D eigenvalue weighted by atomic mass is 10.0. The van der Waals surface area contributed by atoms with Gasteiger partial charge in [0.1, 0.15) is 0 Å². The van der Waals surface area contributed by atoms with Gasteiger partial charge in [-0.15, -0.1) is 0 Å². The zero-order chi connectivity index (χ0) is 24.6. The molecule has 0 aliphatic carbocycles. The number of Topliss-reactive ketones (excluding diaryl/α,β-unsaturated/α-hetero) is 1. The van der Waals surface area contributed by atoms with Crippen LogP contribution in [0.3, 0.4) is 0 Å². The van der Waals surface area contributed by atoms with E-state index in [1.807, 2.05) is 48.7 Å². The summed E-state index contributed by atoms with van der Waals surface area (Å²) < 4.78 is 0. The maximum atomic E-state index is 12.7. The molecule has 1 saturated heterocycles. The average Bonchev–Trinajstić information content (AvgIpc) is 2.95. The second-order valence-corrected chi connectivity index (χ2v) is 9.52. The largest absolute Gasteiger partial charge is 0.380 e. The van der Waals surface area contributed by atoms with Crippen LogP contribution in [0.1, 0.15) is 54.4 Å². The predicted molar refractivity (Wildman–Crippen MR) is 145 cm³/mol. The van der Waals surface area contributed by atoms with Crippen LogP contribution in [0.2, 0.25) is 0 Å². The van der Waals surface area contributed by atoms with Crippen LogP contribution in [-0.4, -0.2) is 45.3 Å². The molecule has 0 spiro atoms. The van der Waals surface area contributed by atoms with Crippen LogP contribution in [0.4, 0.5) is 5.69 Å². The van der Waals surface area contributed by atoms with Gasteiger partial charge in [-0.25, -0.2) is 4.98 Å². The summed E-state index contributed by atoms with van der Waals surface area (Å²) in [5.74, 6) is 0.220. The fourth-order valence-corrected chi connectivity index (χ4v) is 4.84. The van der Waals surface area contributed by atoms with Crippen molar-refractivity contribution in [1.29, 1.82) is 0 Å². The highest BCUT2D eigenvalue weighted by molar-refractivity contribution is 5.97. The lowest BCUT2D eigenvalue weighted by Crippen LogP contribution is -2.30. The topological polar surface area (TPSA) is 71.0 Å². The number of anilines is 1. The molecule has 1 fully saturated rings. The van der Waals surface area contributed by atoms with Crippen molar-refractivity contribution in [3.63, 3.8) is 0 Å². The van der Waals surface area contributed by atoms with Gasteiger partial charge in [-0.3, -0.25) is 14.8 Å². The van der Waals surface area contributed by atoms with Gasteiger partial charge in [0.25, 0.3) is 0 Å². The van der Waals surface area contributed by atoms with E-state index < -0.39 is 0 Å². The number of hydrogen-bond acceptors (Lipinski definition) is 6. The summed E-state index contributed by atoms with van der Waals surface area (Å²) in [6, 6.07) is 15.9. The first-order chi connectivity index (χ1) is 17.8. The number of carbonyl (C=O) groups excluding carboxylic acids is 1. The van der Waals surface area contributed by atoms with Crippen molar-refractivity contribution in [3.05, 3.63) is 84.4 Å². The molecule has 4 heterocycles. The lowest BCUT2D eigenvalue weighted by Gasteiger charge is -2.26. The van der Waals surface area contributed by atoms with Crippen LogP contribution >= 0.6 is 0 Å². The molecule has 36 heavy (non-hydrogen) atoms. The molecule has 1 aliphatic rings. The number of fused-ring (bicyclic) bond motifs is 1. The van der Waals surface area contributed by atoms with Crippen LogP contribution in [0.15, 0.2) is 73.3 Å². The molecule has 184 valence electrons. The smallest absolute Gasteiger partial charge is 0.162 e. The van der Waals surface area contributed by atoms with Crippen LogP contribution in [-0.2, 0) is 6.54 Å². The number of carbonyl (C=O) groups is 1. The molecule has 6 heteroatoms. The van der Waals surface area contributed by atoms with E-state index in [1.165, 1.54) is 32.4 Å². The summed E-state index contributed by atoms with van der Waals surface area (Å²) in [7, 11) is 0. The first kappa shape index (κ1) is 24.1. The number of benzene rings is 1. The second kappa shape index (κ2) is 11.9. The highest BCUT2D eigenvalue weighted by Crippen LogP contribution is 2.28. The van der Waals surface area contributed by atoms with Gasteiger partial charge in [0.15, 0.2) is 5.78 Å². The summed E-state index contributed by atoms with van der Waals surface area (Å²) in [6.45, 7) is 4.24. The summed E-state index contributed by atoms with van der Waals surface area (Å²) in [4.78, 5) is 28.5. The summed E-state index contributed by atoms with van der Waals surface area (Å²) >= 11 is 0. The highest BCUT2D eigenvalue weighted by atomic mass is 16.1. The Labute approximate surface area is 212 Å². The van der Waals surface area contributed by atoms with Crippen molar-refractivity contribution >= 4 is 22.4 Å². The number of aromatic nitrogens is 3. The molecular formula is C30H33N5O. The highest BCUT2D eigenvalue weighted by Gasteiger charge is 2.12. The first-order valence-electron chi connectivity index (χ1n) is 13.0. The summed E-state index contributed by atoms with van der Waals surface area (Å²) in [6.07, 6.45) is 13.8. The van der Waals surface area contributed by atoms with Crippen LogP contribution in [0.25, 0.3) is 22.2 Å². The van der Waals surface area contributed by atoms with Gasteiger partial charge in [-0.2, -0.15) is 0 Å². The number of unbranched alkanes of at least 4 members (excludes halogenated alkanes) is 1. The number of piperidine rings is 1. The fraction of sp³-hybridized carbons (Fsp3) is 0.333. The predicted octanol–water partition coefficient (Wildman–Crippen LogP) is 6.14. The third kappa shape index (κ3) is 6.13. The number of likely N-dealkylation sites (tertiary alicyclic amines) is 1. The minimum absolute atomic E-state index is 0.220. The molecule has 1 N–H and O–H groups in total. The monoisotopic (exact) mass is 479 g/mol. The van der Waals surface area contributed by atoms with E-state index in [0.717, 1.165) is 58.4 Å². The Morgan fingerprint density at radius 1 is 0.889 bits per heavy atom. The van der Waals surface area contributed by atoms with Gasteiger partial charge in [0.2, 0.25) is 0 Å². The molecule has 0 unspecified atom stereocenters. The minimum atomic E-state index is 0.220. The van der Waals surface area contributed by atoms with Crippen LogP contribution in [0.5, 0.6) is 0 Å². The Kier molecular flexibility index (Phi) is 7.93. The maximum Gasteiger partial charge on any atom is 0.162 e. The van der Waals surface area contributed by atoms with Crippen molar-refractivity contribution < 1.29 is 4.79 Å². The van der Waals surface area contributed by atoms with Crippen molar-refractivity contribution in [1.82, 2.24) is 19.9 Å². The molecule has 0 amide bonds. The zero-order valence-corrected chi connectivity index (χ0v) is 20.7. The molecule has 0 bridgehead atoms. The number of ketones is 1. The summed E-state index contributed by atoms with van der Waals surface area (Å²) in [5.41, 5.74) is 5.65. The summed E-state index contributed by atoms with van der Waals surface area (Å²) in [5, 5.41) is 4.51. The minimum Gasteiger partial charge on any atom is -0.380 e. The van der Waals surface area contributed by atoms with Gasteiger partial charge in [0, 0.05) is 60.0 Å². The first-order valence-corrected chi connectivity index (χ1v) is 13.0. The number of pyridine rings is 3. The Bertz CT molecular complexity index is 1280. The third-order valence-electron chi connectivity index (χ3n) is 6.92. The Hall–Kier alpha value is -3.64. The van der Waals surface area contributed by atoms with Gasteiger partial charge >= 0.3 is 0 Å². The van der Waals surface area contributed by atoms with E-state index in [0.29, 0.717) is 13.0 Å². The molecule has 4 aromatic rings. The van der Waals surface area contributed by atoms with Crippen LogP contribution < -0.4 is 5.32 Å². The Balaban J connectivity index is 1.25. The van der Waals surface area contributed by atoms with Crippen molar-refractivity contribution in [2.45, 2.75) is 45.1 Å². The Morgan fingerprint density at radius 2 is 1.67 bits per heavy atom. The van der Waals surface area contributed by atoms with E-state index in [2.05, 4.69) is 26.3 Å². The van der Waals surface area contributed by atoms with Gasteiger partial charge in [-0.05, 0) is 75.1 Å². The average molecular weight is 480 g/mol. The van der Waals surface area contributed by atoms with Crippen molar-refractivity contribution in [2.75, 3.05) is 25.0 Å². The van der Waals surface area contributed by atoms with E-state index >= 15 is 0 Å². The molecule has 3 aromatic heterocycles. The zero-order valence-electron chi connectivity index (χ0n) is 20.7. The van der Waals surface area contributed by atoms with E-state index in [-0.39, 0.29) is 5.78 Å². The van der Waals surface area contributed by atoms with E-state index in [1.54, 1.807) is 18.6 Å². The molecular weight excluding hydrogens is 446 g/mol. The Morgan fingerprint density at radius 3 is 2.47 bits per heavy atom. The normalized spacial score (nSPS) is 14.1. The quantitative estimate of drug-likeness (QED) is 0.217. The third-order valence-corrected chi connectivity index (χ3v) is 6.92. The molecule has 1 aromatic carbocycles. The van der Waals surface area contributed by atoms with Gasteiger partial charge < -0.3 is 10.2 Å². The van der Waals surface area contributed by atoms with Crippen LogP contribution in [0, 0.1) is 0 Å². The van der Waals surface area contributed by atoms with Crippen molar-refractivity contribution in [3.8, 4) is 11.3 Å². The molecule has 0 radical (unpaired) electrons. The number of nitrogens with one attached hydrogen (secondary N) is 1. The van der Waals surface area contributed by atoms with Crippen molar-refractivity contribution in [2.24, 2.45) is 0 Å². The second-order valence-electron chi connectivity index (χ2n) is 9.52. The molecule has 5 rings (SSSR count). The molecule has 1 aliphatic heterocycles. The number of rotatable bonds is 10. The van der Waals surface area contributed by atoms with Gasteiger partial charge in [-0.1, -0.05) is 30.7 Å². The van der Waals surface area contributed by atoms with Gasteiger partial charge in [0.05, 0.1) is 11.2 Å². The maximum absolute atomic E-state index is 12.7. The SMILES string of the molecule is O=C(CCCCN1CCCCC1)c1ccc(-c2cc(NCc3ccncc3)c3cnccc3n2)cc1.